The topological polar surface area (TPSA) is 55.4 Å². The van der Waals surface area contributed by atoms with Crippen molar-refractivity contribution in [3.63, 3.8) is 0 Å². The molecule has 0 spiro atoms. The van der Waals surface area contributed by atoms with Crippen molar-refractivity contribution in [2.45, 2.75) is 44.6 Å². The first-order chi connectivity index (χ1) is 9.54. The SMILES string of the molecule is CS(=O)(=O)NCCCCC[C@@H]1CCc2ccccc2O1. The van der Waals surface area contributed by atoms with Gasteiger partial charge in [0.05, 0.1) is 12.4 Å². The van der Waals surface area contributed by atoms with Gasteiger partial charge < -0.3 is 4.74 Å². The Morgan fingerprint density at radius 2 is 2.05 bits per heavy atom. The summed E-state index contributed by atoms with van der Waals surface area (Å²) in [5.74, 6) is 1.03. The standard InChI is InChI=1S/C15H23NO3S/c1-20(17,18)16-12-6-2-3-8-14-11-10-13-7-4-5-9-15(13)19-14/h4-5,7,9,14,16H,2-3,6,8,10-12H2,1H3/t14-/m1/s1. The Labute approximate surface area is 121 Å². The third-order valence-electron chi connectivity index (χ3n) is 3.57. The molecule has 0 bridgehead atoms. The molecule has 112 valence electrons. The van der Waals surface area contributed by atoms with Crippen molar-refractivity contribution < 1.29 is 13.2 Å². The van der Waals surface area contributed by atoms with Crippen LogP contribution in [0.15, 0.2) is 24.3 Å². The maximum absolute atomic E-state index is 10.9. The normalized spacial score (nSPS) is 18.4. The van der Waals surface area contributed by atoms with Crippen LogP contribution in [0.3, 0.4) is 0 Å². The van der Waals surface area contributed by atoms with Crippen LogP contribution < -0.4 is 9.46 Å². The predicted octanol–water partition coefficient (Wildman–Crippen LogP) is 2.49. The number of benzene rings is 1. The first-order valence-electron chi connectivity index (χ1n) is 7.24. The summed E-state index contributed by atoms with van der Waals surface area (Å²) in [5, 5.41) is 0. The van der Waals surface area contributed by atoms with E-state index in [0.717, 1.165) is 44.3 Å². The van der Waals surface area contributed by atoms with Gasteiger partial charge in [0.1, 0.15) is 5.75 Å². The van der Waals surface area contributed by atoms with Crippen molar-refractivity contribution in [1.29, 1.82) is 0 Å². The summed E-state index contributed by atoms with van der Waals surface area (Å²) >= 11 is 0. The van der Waals surface area contributed by atoms with E-state index in [2.05, 4.69) is 16.9 Å². The molecule has 0 unspecified atom stereocenters. The maximum atomic E-state index is 10.9. The average Bonchev–Trinajstić information content (AvgIpc) is 2.41. The number of hydrogen-bond acceptors (Lipinski definition) is 3. The van der Waals surface area contributed by atoms with E-state index in [9.17, 15) is 8.42 Å². The Morgan fingerprint density at radius 3 is 2.85 bits per heavy atom. The van der Waals surface area contributed by atoms with Gasteiger partial charge in [-0.2, -0.15) is 0 Å². The zero-order valence-electron chi connectivity index (χ0n) is 12.0. The second-order valence-corrected chi connectivity index (χ2v) is 7.24. The highest BCUT2D eigenvalue weighted by Crippen LogP contribution is 2.28. The summed E-state index contributed by atoms with van der Waals surface area (Å²) < 4.78 is 30.3. The lowest BCUT2D eigenvalue weighted by Crippen LogP contribution is -2.23. The van der Waals surface area contributed by atoms with Gasteiger partial charge in [-0.25, -0.2) is 13.1 Å². The second kappa shape index (κ2) is 7.09. The van der Waals surface area contributed by atoms with E-state index >= 15 is 0 Å². The fourth-order valence-electron chi connectivity index (χ4n) is 2.51. The van der Waals surface area contributed by atoms with Crippen molar-refractivity contribution in [3.8, 4) is 5.75 Å². The van der Waals surface area contributed by atoms with Gasteiger partial charge in [0.2, 0.25) is 10.0 Å². The lowest BCUT2D eigenvalue weighted by Gasteiger charge is -2.26. The molecule has 5 heteroatoms. The monoisotopic (exact) mass is 297 g/mol. The lowest BCUT2D eigenvalue weighted by molar-refractivity contribution is 0.160. The number of unbranched alkanes of at least 4 members (excludes halogenated alkanes) is 2. The van der Waals surface area contributed by atoms with Gasteiger partial charge in [0.15, 0.2) is 0 Å². The van der Waals surface area contributed by atoms with Crippen LogP contribution in [0.2, 0.25) is 0 Å². The highest BCUT2D eigenvalue weighted by Gasteiger charge is 2.18. The quantitative estimate of drug-likeness (QED) is 0.787. The largest absolute Gasteiger partial charge is 0.490 e. The van der Waals surface area contributed by atoms with E-state index in [1.807, 2.05) is 12.1 Å². The maximum Gasteiger partial charge on any atom is 0.208 e. The summed E-state index contributed by atoms with van der Waals surface area (Å²) in [4.78, 5) is 0. The third-order valence-corrected chi connectivity index (χ3v) is 4.30. The van der Waals surface area contributed by atoms with Gasteiger partial charge in [0.25, 0.3) is 0 Å². The molecule has 2 rings (SSSR count). The molecular formula is C15H23NO3S. The minimum Gasteiger partial charge on any atom is -0.490 e. The molecule has 0 aromatic heterocycles. The Morgan fingerprint density at radius 1 is 1.25 bits per heavy atom. The minimum atomic E-state index is -3.04. The van der Waals surface area contributed by atoms with Crippen molar-refractivity contribution in [1.82, 2.24) is 4.72 Å². The highest BCUT2D eigenvalue weighted by molar-refractivity contribution is 7.88. The van der Waals surface area contributed by atoms with Crippen LogP contribution in [-0.4, -0.2) is 27.3 Å². The molecule has 20 heavy (non-hydrogen) atoms. The number of rotatable bonds is 7. The number of nitrogens with one attached hydrogen (secondary N) is 1. The summed E-state index contributed by atoms with van der Waals surface area (Å²) in [6.07, 6.45) is 7.73. The van der Waals surface area contributed by atoms with E-state index in [0.29, 0.717) is 12.6 Å². The molecule has 0 aliphatic carbocycles. The number of aryl methyl sites for hydroxylation is 1. The number of hydrogen-bond donors (Lipinski definition) is 1. The van der Waals surface area contributed by atoms with E-state index in [1.54, 1.807) is 0 Å². The number of sulfonamides is 1. The smallest absolute Gasteiger partial charge is 0.208 e. The molecule has 0 saturated heterocycles. The highest BCUT2D eigenvalue weighted by atomic mass is 32.2. The van der Waals surface area contributed by atoms with Crippen LogP contribution in [0.25, 0.3) is 0 Å². The van der Waals surface area contributed by atoms with Gasteiger partial charge in [-0.15, -0.1) is 0 Å². The van der Waals surface area contributed by atoms with E-state index < -0.39 is 10.0 Å². The van der Waals surface area contributed by atoms with Gasteiger partial charge in [-0.05, 0) is 43.7 Å². The Hall–Kier alpha value is -1.07. The average molecular weight is 297 g/mol. The van der Waals surface area contributed by atoms with Gasteiger partial charge in [0, 0.05) is 6.54 Å². The molecule has 1 N–H and O–H groups in total. The zero-order valence-corrected chi connectivity index (χ0v) is 12.8. The predicted molar refractivity (Wildman–Crippen MR) is 80.5 cm³/mol. The van der Waals surface area contributed by atoms with Gasteiger partial charge in [-0.3, -0.25) is 0 Å². The van der Waals surface area contributed by atoms with Crippen LogP contribution in [-0.2, 0) is 16.4 Å². The van der Waals surface area contributed by atoms with Crippen LogP contribution in [0.5, 0.6) is 5.75 Å². The molecule has 1 aliphatic heterocycles. The van der Waals surface area contributed by atoms with E-state index in [4.69, 9.17) is 4.74 Å². The molecular weight excluding hydrogens is 274 g/mol. The number of fused-ring (bicyclic) bond motifs is 1. The molecule has 1 atom stereocenters. The summed E-state index contributed by atoms with van der Waals surface area (Å²) in [6, 6.07) is 8.23. The summed E-state index contributed by atoms with van der Waals surface area (Å²) in [6.45, 7) is 0.535. The Kier molecular flexibility index (Phi) is 5.43. The van der Waals surface area contributed by atoms with Crippen molar-refractivity contribution in [2.75, 3.05) is 12.8 Å². The van der Waals surface area contributed by atoms with Gasteiger partial charge >= 0.3 is 0 Å². The fraction of sp³-hybridized carbons (Fsp3) is 0.600. The molecule has 4 nitrogen and oxygen atoms in total. The Bertz CT molecular complexity index is 528. The third kappa shape index (κ3) is 5.13. The van der Waals surface area contributed by atoms with Crippen molar-refractivity contribution in [3.05, 3.63) is 29.8 Å². The summed E-state index contributed by atoms with van der Waals surface area (Å²) in [5.41, 5.74) is 1.31. The van der Waals surface area contributed by atoms with Gasteiger partial charge in [-0.1, -0.05) is 24.6 Å². The van der Waals surface area contributed by atoms with E-state index in [-0.39, 0.29) is 0 Å². The molecule has 1 heterocycles. The molecule has 0 amide bonds. The number of ether oxygens (including phenoxy) is 1. The molecule has 1 aliphatic rings. The van der Waals surface area contributed by atoms with Crippen molar-refractivity contribution in [2.24, 2.45) is 0 Å². The second-order valence-electron chi connectivity index (χ2n) is 5.40. The molecule has 0 radical (unpaired) electrons. The molecule has 0 fully saturated rings. The molecule has 1 aromatic rings. The molecule has 0 saturated carbocycles. The first kappa shape index (κ1) is 15.3. The van der Waals surface area contributed by atoms with E-state index in [1.165, 1.54) is 11.8 Å². The number of para-hydroxylation sites is 1. The van der Waals surface area contributed by atoms with Crippen LogP contribution >= 0.6 is 0 Å². The minimum absolute atomic E-state index is 0.313. The Balaban J connectivity index is 1.62. The summed E-state index contributed by atoms with van der Waals surface area (Å²) in [7, 11) is -3.04. The van der Waals surface area contributed by atoms with Crippen molar-refractivity contribution >= 4 is 10.0 Å². The first-order valence-corrected chi connectivity index (χ1v) is 9.13. The fourth-order valence-corrected chi connectivity index (χ4v) is 3.03. The van der Waals surface area contributed by atoms with Crippen LogP contribution in [0, 0.1) is 0 Å². The molecule has 1 aromatic carbocycles. The zero-order chi connectivity index (χ0) is 14.4. The van der Waals surface area contributed by atoms with Crippen LogP contribution in [0.4, 0.5) is 0 Å². The lowest BCUT2D eigenvalue weighted by atomic mass is 9.99. The van der Waals surface area contributed by atoms with Crippen LogP contribution in [0.1, 0.15) is 37.7 Å².